The van der Waals surface area contributed by atoms with E-state index in [1.54, 1.807) is 0 Å². The van der Waals surface area contributed by atoms with Gasteiger partial charge in [0, 0.05) is 24.4 Å². The largest absolute Gasteiger partial charge is 0.396 e. The molecule has 5 aliphatic rings. The molecule has 0 amide bonds. The number of carbonyl (C=O) groups is 1. The summed E-state index contributed by atoms with van der Waals surface area (Å²) < 4.78 is 0. The van der Waals surface area contributed by atoms with Crippen LogP contribution in [-0.2, 0) is 4.79 Å². The molecule has 5 rings (SSSR count). The summed E-state index contributed by atoms with van der Waals surface area (Å²) in [6.45, 7) is 17.1. The molecule has 3 heteroatoms. The van der Waals surface area contributed by atoms with Gasteiger partial charge in [0.05, 0.1) is 6.10 Å². The van der Waals surface area contributed by atoms with Gasteiger partial charge in [0.1, 0.15) is 5.78 Å². The van der Waals surface area contributed by atoms with Gasteiger partial charge < -0.3 is 10.2 Å². The van der Waals surface area contributed by atoms with E-state index in [1.165, 1.54) is 12.8 Å². The third-order valence-corrected chi connectivity index (χ3v) is 13.8. The molecule has 0 aromatic rings. The molecule has 5 fully saturated rings. The second kappa shape index (κ2) is 7.09. The Morgan fingerprint density at radius 3 is 2.15 bits per heavy atom. The van der Waals surface area contributed by atoms with Gasteiger partial charge >= 0.3 is 0 Å². The van der Waals surface area contributed by atoms with Crippen LogP contribution in [0, 0.1) is 56.2 Å². The lowest BCUT2D eigenvalue weighted by Gasteiger charge is -2.76. The fraction of sp³-hybridized carbons (Fsp3) is 0.967. The Morgan fingerprint density at radius 2 is 1.48 bits per heavy atom. The smallest absolute Gasteiger partial charge is 0.136 e. The third kappa shape index (κ3) is 2.85. The zero-order valence-electron chi connectivity index (χ0n) is 22.5. The third-order valence-electron chi connectivity index (χ3n) is 13.8. The first-order valence-electron chi connectivity index (χ1n) is 14.0. The van der Waals surface area contributed by atoms with Gasteiger partial charge in [-0.1, -0.05) is 48.5 Å². The first kappa shape index (κ1) is 24.3. The number of aliphatic hydroxyl groups excluding tert-OH is 2. The Labute approximate surface area is 202 Å². The minimum Gasteiger partial charge on any atom is -0.396 e. The van der Waals surface area contributed by atoms with Crippen LogP contribution in [0.3, 0.4) is 0 Å². The van der Waals surface area contributed by atoms with Crippen molar-refractivity contribution >= 4 is 5.78 Å². The highest BCUT2D eigenvalue weighted by atomic mass is 16.3. The van der Waals surface area contributed by atoms with Crippen LogP contribution in [-0.4, -0.2) is 28.7 Å². The molecule has 0 spiro atoms. The fourth-order valence-corrected chi connectivity index (χ4v) is 11.4. The number of fused-ring (bicyclic) bond motifs is 7. The Balaban J connectivity index is 1.60. The Bertz CT molecular complexity index is 834. The summed E-state index contributed by atoms with van der Waals surface area (Å²) in [5, 5.41) is 22.9. The monoisotopic (exact) mass is 458 g/mol. The molecule has 3 nitrogen and oxygen atoms in total. The number of carbonyl (C=O) groups excluding carboxylic acids is 1. The Morgan fingerprint density at radius 1 is 0.818 bits per heavy atom. The van der Waals surface area contributed by atoms with Gasteiger partial charge in [0.2, 0.25) is 0 Å². The molecule has 5 saturated carbocycles. The molecule has 0 aromatic carbocycles. The molecule has 0 radical (unpaired) electrons. The van der Waals surface area contributed by atoms with E-state index in [4.69, 9.17) is 0 Å². The highest BCUT2D eigenvalue weighted by molar-refractivity contribution is 5.82. The van der Waals surface area contributed by atoms with Gasteiger partial charge in [-0.3, -0.25) is 4.79 Å². The number of hydrogen-bond donors (Lipinski definition) is 2. The average Bonchev–Trinajstić information content (AvgIpc) is 2.74. The van der Waals surface area contributed by atoms with Crippen molar-refractivity contribution in [1.82, 2.24) is 0 Å². The van der Waals surface area contributed by atoms with Gasteiger partial charge in [0.15, 0.2) is 0 Å². The number of rotatable bonds is 1. The summed E-state index contributed by atoms with van der Waals surface area (Å²) in [5.41, 5.74) is 0.310. The molecule has 5 aliphatic carbocycles. The molecule has 0 aromatic heterocycles. The van der Waals surface area contributed by atoms with E-state index in [0.717, 1.165) is 51.4 Å². The Kier molecular flexibility index (Phi) is 5.22. The van der Waals surface area contributed by atoms with E-state index in [9.17, 15) is 15.0 Å². The van der Waals surface area contributed by atoms with Gasteiger partial charge in [-0.05, 0) is 103 Å². The zero-order chi connectivity index (χ0) is 24.2. The van der Waals surface area contributed by atoms with Gasteiger partial charge in [0.25, 0.3) is 0 Å². The normalized spacial score (nSPS) is 58.0. The summed E-state index contributed by atoms with van der Waals surface area (Å²) in [7, 11) is 0. The van der Waals surface area contributed by atoms with Crippen LogP contribution in [0.25, 0.3) is 0 Å². The molecule has 0 aliphatic heterocycles. The van der Waals surface area contributed by atoms with Crippen LogP contribution in [0.15, 0.2) is 0 Å². The van der Waals surface area contributed by atoms with E-state index in [0.29, 0.717) is 23.5 Å². The summed E-state index contributed by atoms with van der Waals surface area (Å²) in [6.07, 6.45) is 10.2. The SMILES string of the molecule is C[C@H]1C(=O)CC[C@@H]2[C@]1(C)CC[C@H]1[C@@]2(C)C[C@H](O)[C@@]2(C)[C@@H]3CC(C)(C)CC[C@]3(CO)CC[C@]12C. The summed E-state index contributed by atoms with van der Waals surface area (Å²) in [5.74, 6) is 2.06. The standard InChI is InChI=1S/C30H50O3/c1-19-20(32)8-9-21-26(19,4)11-10-22-27(21,5)17-24(33)29(7)23-16-25(2,3)12-14-30(23,18-31)15-13-28(22,29)6/h19,21-24,31,33H,8-18H2,1-7H3/t19-,21+,22-,23-,24-,26+,27-,28+,29+,30+/m0/s1. The molecule has 0 heterocycles. The fourth-order valence-electron chi connectivity index (χ4n) is 11.4. The highest BCUT2D eigenvalue weighted by Crippen LogP contribution is 2.78. The first-order chi connectivity index (χ1) is 15.2. The molecule has 188 valence electrons. The predicted molar refractivity (Wildman–Crippen MR) is 133 cm³/mol. The molecular formula is C30H50O3. The van der Waals surface area contributed by atoms with Gasteiger partial charge in [-0.15, -0.1) is 0 Å². The van der Waals surface area contributed by atoms with E-state index < -0.39 is 0 Å². The maximum absolute atomic E-state index is 12.7. The van der Waals surface area contributed by atoms with Crippen molar-refractivity contribution in [2.45, 2.75) is 119 Å². The summed E-state index contributed by atoms with van der Waals surface area (Å²) in [6, 6.07) is 0. The molecule has 0 bridgehead atoms. The minimum atomic E-state index is -0.343. The maximum Gasteiger partial charge on any atom is 0.136 e. The molecule has 10 atom stereocenters. The first-order valence-corrected chi connectivity index (χ1v) is 14.0. The number of ketones is 1. The van der Waals surface area contributed by atoms with Crippen molar-refractivity contribution in [3.63, 3.8) is 0 Å². The number of aliphatic hydroxyl groups is 2. The summed E-state index contributed by atoms with van der Waals surface area (Å²) >= 11 is 0. The molecule has 2 N–H and O–H groups in total. The molecule has 0 saturated heterocycles. The van der Waals surface area contributed by atoms with Crippen molar-refractivity contribution in [3.8, 4) is 0 Å². The van der Waals surface area contributed by atoms with Gasteiger partial charge in [-0.2, -0.15) is 0 Å². The van der Waals surface area contributed by atoms with Crippen molar-refractivity contribution in [2.24, 2.45) is 56.2 Å². The van der Waals surface area contributed by atoms with Crippen LogP contribution in [0.5, 0.6) is 0 Å². The van der Waals surface area contributed by atoms with Gasteiger partial charge in [-0.25, -0.2) is 0 Å². The zero-order valence-corrected chi connectivity index (χ0v) is 22.5. The quantitative estimate of drug-likeness (QED) is 0.478. The van der Waals surface area contributed by atoms with Crippen molar-refractivity contribution in [2.75, 3.05) is 6.61 Å². The van der Waals surface area contributed by atoms with Crippen LogP contribution in [0.1, 0.15) is 113 Å². The van der Waals surface area contributed by atoms with E-state index in [1.807, 2.05) is 0 Å². The van der Waals surface area contributed by atoms with E-state index in [-0.39, 0.29) is 51.1 Å². The van der Waals surface area contributed by atoms with Crippen molar-refractivity contribution < 1.29 is 15.0 Å². The number of Topliss-reactive ketones (excluding diaryl/α,β-unsaturated/α-hetero) is 1. The average molecular weight is 459 g/mol. The minimum absolute atomic E-state index is 0.0204. The lowest BCUT2D eigenvalue weighted by Crippen LogP contribution is -2.72. The molecule has 0 unspecified atom stereocenters. The van der Waals surface area contributed by atoms with Crippen LogP contribution >= 0.6 is 0 Å². The second-order valence-corrected chi connectivity index (χ2v) is 15.2. The van der Waals surface area contributed by atoms with Crippen LogP contribution < -0.4 is 0 Å². The van der Waals surface area contributed by atoms with E-state index >= 15 is 0 Å². The molecular weight excluding hydrogens is 408 g/mol. The lowest BCUT2D eigenvalue weighted by molar-refractivity contribution is -0.298. The van der Waals surface area contributed by atoms with E-state index in [2.05, 4.69) is 48.5 Å². The molecule has 33 heavy (non-hydrogen) atoms. The second-order valence-electron chi connectivity index (χ2n) is 15.2. The van der Waals surface area contributed by atoms with Crippen molar-refractivity contribution in [1.29, 1.82) is 0 Å². The summed E-state index contributed by atoms with van der Waals surface area (Å²) in [4.78, 5) is 12.7. The maximum atomic E-state index is 12.7. The van der Waals surface area contributed by atoms with Crippen LogP contribution in [0.2, 0.25) is 0 Å². The van der Waals surface area contributed by atoms with Crippen LogP contribution in [0.4, 0.5) is 0 Å². The van der Waals surface area contributed by atoms with Crippen molar-refractivity contribution in [3.05, 3.63) is 0 Å². The lowest BCUT2D eigenvalue weighted by atomic mass is 9.29. The topological polar surface area (TPSA) is 57.5 Å². The Hall–Kier alpha value is -0.410. The number of hydrogen-bond acceptors (Lipinski definition) is 3. The predicted octanol–water partition coefficient (Wildman–Crippen LogP) is 6.40. The highest BCUT2D eigenvalue weighted by Gasteiger charge is 2.73.